The third-order valence-electron chi connectivity index (χ3n) is 4.41. The molecule has 2 aromatic carbocycles. The lowest BCUT2D eigenvalue weighted by atomic mass is 9.87. The first-order chi connectivity index (χ1) is 14.1. The van der Waals surface area contributed by atoms with Crippen molar-refractivity contribution in [2.75, 3.05) is 5.75 Å². The van der Waals surface area contributed by atoms with E-state index in [1.807, 2.05) is 42.7 Å². The van der Waals surface area contributed by atoms with Crippen molar-refractivity contribution in [1.82, 2.24) is 14.8 Å². The Morgan fingerprint density at radius 3 is 2.27 bits per heavy atom. The molecule has 0 spiro atoms. The van der Waals surface area contributed by atoms with Gasteiger partial charge in [-0.3, -0.25) is 9.36 Å². The molecule has 0 aliphatic carbocycles. The number of benzene rings is 2. The lowest BCUT2D eigenvalue weighted by molar-refractivity contribution is -0.144. The summed E-state index contributed by atoms with van der Waals surface area (Å²) in [6, 6.07) is 15.8. The van der Waals surface area contributed by atoms with E-state index in [1.54, 1.807) is 0 Å². The second kappa shape index (κ2) is 9.23. The van der Waals surface area contributed by atoms with Gasteiger partial charge in [0.25, 0.3) is 0 Å². The van der Waals surface area contributed by atoms with Crippen LogP contribution in [0, 0.1) is 0 Å². The Labute approximate surface area is 186 Å². The summed E-state index contributed by atoms with van der Waals surface area (Å²) in [6.45, 7) is 10.2. The van der Waals surface area contributed by atoms with Crippen LogP contribution in [0.25, 0.3) is 17.1 Å². The highest BCUT2D eigenvalue weighted by Gasteiger charge is 2.19. The lowest BCUT2D eigenvalue weighted by Gasteiger charge is -2.19. The first kappa shape index (κ1) is 22.4. The van der Waals surface area contributed by atoms with Gasteiger partial charge in [0, 0.05) is 16.3 Å². The first-order valence-electron chi connectivity index (χ1n) is 9.79. The fourth-order valence-corrected chi connectivity index (χ4v) is 3.77. The van der Waals surface area contributed by atoms with Gasteiger partial charge >= 0.3 is 5.97 Å². The molecule has 0 aliphatic heterocycles. The molecule has 5 nitrogen and oxygen atoms in total. The zero-order valence-electron chi connectivity index (χ0n) is 17.8. The quantitative estimate of drug-likeness (QED) is 0.349. The molecule has 158 valence electrons. The highest BCUT2D eigenvalue weighted by molar-refractivity contribution is 7.99. The third-order valence-corrected chi connectivity index (χ3v) is 5.57. The van der Waals surface area contributed by atoms with Crippen molar-refractivity contribution in [2.45, 2.75) is 51.3 Å². The van der Waals surface area contributed by atoms with Crippen molar-refractivity contribution in [3.63, 3.8) is 0 Å². The summed E-state index contributed by atoms with van der Waals surface area (Å²) in [6.07, 6.45) is -0.149. The molecular weight excluding hydrogens is 418 g/mol. The Bertz CT molecular complexity index is 1010. The monoisotopic (exact) mass is 443 g/mol. The number of halogens is 1. The van der Waals surface area contributed by atoms with E-state index in [-0.39, 0.29) is 23.2 Å². The van der Waals surface area contributed by atoms with Crippen molar-refractivity contribution in [1.29, 1.82) is 0 Å². The zero-order chi connectivity index (χ0) is 21.9. The topological polar surface area (TPSA) is 57.0 Å². The Morgan fingerprint density at radius 1 is 1.07 bits per heavy atom. The Hall–Kier alpha value is -2.31. The first-order valence-corrected chi connectivity index (χ1v) is 11.2. The highest BCUT2D eigenvalue weighted by Crippen LogP contribution is 2.30. The van der Waals surface area contributed by atoms with Crippen molar-refractivity contribution >= 4 is 29.3 Å². The van der Waals surface area contributed by atoms with E-state index in [1.165, 1.54) is 17.3 Å². The minimum atomic E-state index is -0.281. The highest BCUT2D eigenvalue weighted by atomic mass is 35.5. The fraction of sp³-hybridized carbons (Fsp3) is 0.348. The number of rotatable bonds is 6. The molecule has 0 radical (unpaired) electrons. The largest absolute Gasteiger partial charge is 0.462 e. The Kier molecular flexibility index (Phi) is 6.88. The molecule has 0 atom stereocenters. The van der Waals surface area contributed by atoms with E-state index < -0.39 is 0 Å². The van der Waals surface area contributed by atoms with Gasteiger partial charge in [-0.25, -0.2) is 0 Å². The number of nitrogens with zero attached hydrogens (tertiary/aromatic N) is 3. The van der Waals surface area contributed by atoms with E-state index in [0.29, 0.717) is 16.0 Å². The summed E-state index contributed by atoms with van der Waals surface area (Å²) in [7, 11) is 0. The predicted octanol–water partition coefficient (Wildman–Crippen LogP) is 5.93. The maximum atomic E-state index is 12.0. The predicted molar refractivity (Wildman–Crippen MR) is 122 cm³/mol. The number of thioether (sulfide) groups is 1. The normalized spacial score (nSPS) is 11.7. The molecule has 0 saturated carbocycles. The standard InChI is InChI=1S/C23H26ClN3O2S/c1-15(2)29-20(28)14-30-22-26-25-21(27(22)19-12-10-18(24)11-13-19)16-6-8-17(9-7-16)23(3,4)5/h6-13,15H,14H2,1-5H3. The van der Waals surface area contributed by atoms with Gasteiger partial charge in [0.05, 0.1) is 11.9 Å². The Morgan fingerprint density at radius 2 is 1.70 bits per heavy atom. The molecule has 0 unspecified atom stereocenters. The Balaban J connectivity index is 1.98. The lowest BCUT2D eigenvalue weighted by Crippen LogP contribution is -2.13. The van der Waals surface area contributed by atoms with Crippen molar-refractivity contribution in [2.24, 2.45) is 0 Å². The number of hydrogen-bond acceptors (Lipinski definition) is 5. The van der Waals surface area contributed by atoms with Gasteiger partial charge in [0.1, 0.15) is 0 Å². The molecule has 1 aromatic heterocycles. The summed E-state index contributed by atoms with van der Waals surface area (Å²) < 4.78 is 7.18. The van der Waals surface area contributed by atoms with Gasteiger partial charge < -0.3 is 4.74 Å². The van der Waals surface area contributed by atoms with Crippen molar-refractivity contribution in [3.05, 3.63) is 59.1 Å². The number of ether oxygens (including phenoxy) is 1. The van der Waals surface area contributed by atoms with Gasteiger partial charge in [-0.15, -0.1) is 10.2 Å². The maximum absolute atomic E-state index is 12.0. The number of carbonyl (C=O) groups is 1. The molecule has 0 amide bonds. The van der Waals surface area contributed by atoms with E-state index in [9.17, 15) is 4.79 Å². The number of hydrogen-bond donors (Lipinski definition) is 0. The molecule has 0 fully saturated rings. The molecule has 0 saturated heterocycles. The molecule has 0 aliphatic rings. The van der Waals surface area contributed by atoms with Crippen LogP contribution in [0.4, 0.5) is 0 Å². The smallest absolute Gasteiger partial charge is 0.316 e. The van der Waals surface area contributed by atoms with Crippen LogP contribution in [0.5, 0.6) is 0 Å². The van der Waals surface area contributed by atoms with Crippen LogP contribution in [0.3, 0.4) is 0 Å². The van der Waals surface area contributed by atoms with Gasteiger partial charge in [-0.1, -0.05) is 68.4 Å². The summed E-state index contributed by atoms with van der Waals surface area (Å²) in [4.78, 5) is 12.0. The maximum Gasteiger partial charge on any atom is 0.316 e. The van der Waals surface area contributed by atoms with Crippen LogP contribution in [0.15, 0.2) is 53.7 Å². The summed E-state index contributed by atoms with van der Waals surface area (Å²) >= 11 is 7.37. The summed E-state index contributed by atoms with van der Waals surface area (Å²) in [5.74, 6) is 0.585. The number of carbonyl (C=O) groups excluding carboxylic acids is 1. The van der Waals surface area contributed by atoms with Gasteiger partial charge in [-0.2, -0.15) is 0 Å². The fourth-order valence-electron chi connectivity index (χ4n) is 2.91. The molecule has 0 N–H and O–H groups in total. The molecule has 3 rings (SSSR count). The molecular formula is C23H26ClN3O2S. The molecule has 3 aromatic rings. The van der Waals surface area contributed by atoms with Crippen LogP contribution in [-0.4, -0.2) is 32.6 Å². The van der Waals surface area contributed by atoms with Gasteiger partial charge in [-0.05, 0) is 49.1 Å². The minimum absolute atomic E-state index is 0.0696. The van der Waals surface area contributed by atoms with Crippen molar-refractivity contribution < 1.29 is 9.53 Å². The molecule has 1 heterocycles. The number of aromatic nitrogens is 3. The number of esters is 1. The van der Waals surface area contributed by atoms with Crippen LogP contribution in [0.1, 0.15) is 40.2 Å². The van der Waals surface area contributed by atoms with E-state index in [0.717, 1.165) is 11.3 Å². The summed E-state index contributed by atoms with van der Waals surface area (Å²) in [5, 5.41) is 10.0. The molecule has 0 bridgehead atoms. The van der Waals surface area contributed by atoms with E-state index in [4.69, 9.17) is 16.3 Å². The second-order valence-corrected chi connectivity index (χ2v) is 9.65. The summed E-state index contributed by atoms with van der Waals surface area (Å²) in [5.41, 5.74) is 3.14. The average Bonchev–Trinajstić information content (AvgIpc) is 3.10. The van der Waals surface area contributed by atoms with Crippen molar-refractivity contribution in [3.8, 4) is 17.1 Å². The third kappa shape index (κ3) is 5.43. The van der Waals surface area contributed by atoms with E-state index >= 15 is 0 Å². The average molecular weight is 444 g/mol. The van der Waals surface area contributed by atoms with Crippen LogP contribution in [0.2, 0.25) is 5.02 Å². The van der Waals surface area contributed by atoms with Gasteiger partial charge in [0.2, 0.25) is 0 Å². The SMILES string of the molecule is CC(C)OC(=O)CSc1nnc(-c2ccc(C(C)(C)C)cc2)n1-c1ccc(Cl)cc1. The van der Waals surface area contributed by atoms with Crippen LogP contribution in [-0.2, 0) is 14.9 Å². The van der Waals surface area contributed by atoms with E-state index in [2.05, 4.69) is 55.2 Å². The molecule has 7 heteroatoms. The minimum Gasteiger partial charge on any atom is -0.462 e. The van der Waals surface area contributed by atoms with Crippen LogP contribution >= 0.6 is 23.4 Å². The van der Waals surface area contributed by atoms with Crippen LogP contribution < -0.4 is 0 Å². The molecule has 30 heavy (non-hydrogen) atoms. The second-order valence-electron chi connectivity index (χ2n) is 8.27. The zero-order valence-corrected chi connectivity index (χ0v) is 19.4. The van der Waals surface area contributed by atoms with Gasteiger partial charge in [0.15, 0.2) is 11.0 Å².